The third-order valence-corrected chi connectivity index (χ3v) is 4.68. The van der Waals surface area contributed by atoms with Gasteiger partial charge in [0.05, 0.1) is 5.52 Å². The lowest BCUT2D eigenvalue weighted by Crippen LogP contribution is -2.15. The van der Waals surface area contributed by atoms with Gasteiger partial charge in [-0.2, -0.15) is 0 Å². The molecule has 0 unspecified atom stereocenters. The minimum absolute atomic E-state index is 0.560. The number of aromatic nitrogens is 2. The monoisotopic (exact) mass is 369 g/mol. The van der Waals surface area contributed by atoms with Crippen molar-refractivity contribution >= 4 is 22.4 Å². The van der Waals surface area contributed by atoms with Gasteiger partial charge in [-0.15, -0.1) is 0 Å². The molecular formula is C23H19N3O2. The highest BCUT2D eigenvalue weighted by molar-refractivity contribution is 5.92. The maximum Gasteiger partial charge on any atom is 0.163 e. The predicted molar refractivity (Wildman–Crippen MR) is 110 cm³/mol. The van der Waals surface area contributed by atoms with Crippen molar-refractivity contribution < 1.29 is 9.47 Å². The zero-order valence-corrected chi connectivity index (χ0v) is 15.5. The predicted octanol–water partition coefficient (Wildman–Crippen LogP) is 5.12. The van der Waals surface area contributed by atoms with Gasteiger partial charge in [0, 0.05) is 22.7 Å². The van der Waals surface area contributed by atoms with Crippen LogP contribution in [0, 0.1) is 6.92 Å². The molecule has 2 heterocycles. The fraction of sp³-hybridized carbons (Fsp3) is 0.130. The Bertz CT molecular complexity index is 1170. The Kier molecular flexibility index (Phi) is 4.05. The minimum Gasteiger partial charge on any atom is -0.486 e. The Morgan fingerprint density at radius 2 is 1.68 bits per heavy atom. The number of ether oxygens (including phenoxy) is 2. The summed E-state index contributed by atoms with van der Waals surface area (Å²) < 4.78 is 11.3. The van der Waals surface area contributed by atoms with Crippen LogP contribution in [0.4, 0.5) is 11.5 Å². The van der Waals surface area contributed by atoms with E-state index >= 15 is 0 Å². The molecule has 1 N–H and O–H groups in total. The largest absolute Gasteiger partial charge is 0.486 e. The molecule has 0 atom stereocenters. The summed E-state index contributed by atoms with van der Waals surface area (Å²) in [5.74, 6) is 2.97. The Morgan fingerprint density at radius 3 is 2.57 bits per heavy atom. The highest BCUT2D eigenvalue weighted by Crippen LogP contribution is 2.34. The van der Waals surface area contributed by atoms with Gasteiger partial charge in [-0.1, -0.05) is 35.9 Å². The Hall–Kier alpha value is -3.60. The highest BCUT2D eigenvalue weighted by atomic mass is 16.6. The number of aryl methyl sites for hydroxylation is 1. The van der Waals surface area contributed by atoms with Crippen molar-refractivity contribution in [2.24, 2.45) is 0 Å². The normalized spacial score (nSPS) is 12.8. The number of hydrogen-bond donors (Lipinski definition) is 1. The van der Waals surface area contributed by atoms with Crippen LogP contribution < -0.4 is 14.8 Å². The van der Waals surface area contributed by atoms with E-state index in [1.54, 1.807) is 0 Å². The molecular weight excluding hydrogens is 350 g/mol. The van der Waals surface area contributed by atoms with Crippen LogP contribution in [0.15, 0.2) is 66.7 Å². The second-order valence-electron chi connectivity index (χ2n) is 6.77. The van der Waals surface area contributed by atoms with Crippen molar-refractivity contribution in [3.05, 3.63) is 72.3 Å². The molecule has 3 aromatic carbocycles. The van der Waals surface area contributed by atoms with Crippen molar-refractivity contribution in [1.82, 2.24) is 9.97 Å². The molecule has 1 aliphatic heterocycles. The average molecular weight is 369 g/mol. The van der Waals surface area contributed by atoms with Crippen molar-refractivity contribution in [3.8, 4) is 22.9 Å². The molecule has 0 amide bonds. The summed E-state index contributed by atoms with van der Waals surface area (Å²) in [6, 6.07) is 22.1. The quantitative estimate of drug-likeness (QED) is 0.543. The van der Waals surface area contributed by atoms with Gasteiger partial charge in [0.15, 0.2) is 17.3 Å². The zero-order chi connectivity index (χ0) is 18.9. The number of para-hydroxylation sites is 1. The molecule has 0 saturated heterocycles. The van der Waals surface area contributed by atoms with Gasteiger partial charge in [0.1, 0.15) is 19.0 Å². The molecule has 0 bridgehead atoms. The lowest BCUT2D eigenvalue weighted by Gasteiger charge is -2.19. The Labute approximate surface area is 163 Å². The summed E-state index contributed by atoms with van der Waals surface area (Å²) in [6.45, 7) is 3.21. The van der Waals surface area contributed by atoms with E-state index in [1.807, 2.05) is 54.6 Å². The number of benzene rings is 3. The van der Waals surface area contributed by atoms with Crippen LogP contribution in [0.2, 0.25) is 0 Å². The van der Waals surface area contributed by atoms with Crippen LogP contribution in [0.1, 0.15) is 5.56 Å². The number of nitrogens with zero attached hydrogens (tertiary/aromatic N) is 2. The van der Waals surface area contributed by atoms with Crippen LogP contribution in [0.25, 0.3) is 22.3 Å². The molecule has 5 nitrogen and oxygen atoms in total. The van der Waals surface area contributed by atoms with Crippen molar-refractivity contribution in [2.45, 2.75) is 6.92 Å². The summed E-state index contributed by atoms with van der Waals surface area (Å²) in [4.78, 5) is 9.59. The Morgan fingerprint density at radius 1 is 0.821 bits per heavy atom. The molecule has 5 heteroatoms. The van der Waals surface area contributed by atoms with Crippen LogP contribution in [0.5, 0.6) is 11.5 Å². The number of hydrogen-bond acceptors (Lipinski definition) is 5. The minimum atomic E-state index is 0.560. The first-order valence-corrected chi connectivity index (χ1v) is 9.27. The standard InChI is InChI=1S/C23H19N3O2/c1-15-5-4-6-16(13-15)22-25-19-8-3-2-7-18(19)23(26-22)24-17-9-10-20-21(14-17)28-12-11-27-20/h2-10,13-14H,11-12H2,1H3,(H,24,25,26). The molecule has 5 rings (SSSR count). The molecule has 138 valence electrons. The number of fused-ring (bicyclic) bond motifs is 2. The van der Waals surface area contributed by atoms with Crippen LogP contribution >= 0.6 is 0 Å². The molecule has 28 heavy (non-hydrogen) atoms. The smallest absolute Gasteiger partial charge is 0.163 e. The second kappa shape index (κ2) is 6.85. The summed E-state index contributed by atoms with van der Waals surface area (Å²) in [6.07, 6.45) is 0. The van der Waals surface area contributed by atoms with Crippen molar-refractivity contribution in [2.75, 3.05) is 18.5 Å². The SMILES string of the molecule is Cc1cccc(-c2nc(Nc3ccc4c(c3)OCCO4)c3ccccc3n2)c1. The van der Waals surface area contributed by atoms with Gasteiger partial charge < -0.3 is 14.8 Å². The van der Waals surface area contributed by atoms with E-state index in [1.165, 1.54) is 5.56 Å². The van der Waals surface area contributed by atoms with Gasteiger partial charge in [-0.25, -0.2) is 9.97 Å². The third-order valence-electron chi connectivity index (χ3n) is 4.68. The van der Waals surface area contributed by atoms with Crippen molar-refractivity contribution in [1.29, 1.82) is 0 Å². The molecule has 0 spiro atoms. The maximum absolute atomic E-state index is 5.70. The summed E-state index contributed by atoms with van der Waals surface area (Å²) >= 11 is 0. The van der Waals surface area contributed by atoms with E-state index < -0.39 is 0 Å². The first-order valence-electron chi connectivity index (χ1n) is 9.27. The summed E-state index contributed by atoms with van der Waals surface area (Å²) in [5.41, 5.74) is 3.96. The average Bonchev–Trinajstić information content (AvgIpc) is 2.73. The fourth-order valence-corrected chi connectivity index (χ4v) is 3.34. The molecule has 4 aromatic rings. The Balaban J connectivity index is 1.60. The summed E-state index contributed by atoms with van der Waals surface area (Å²) in [7, 11) is 0. The number of anilines is 2. The van der Waals surface area contributed by atoms with Gasteiger partial charge in [0.25, 0.3) is 0 Å². The van der Waals surface area contributed by atoms with Crippen LogP contribution in [0.3, 0.4) is 0 Å². The molecule has 0 radical (unpaired) electrons. The van der Waals surface area contributed by atoms with E-state index in [9.17, 15) is 0 Å². The van der Waals surface area contributed by atoms with Gasteiger partial charge in [-0.3, -0.25) is 0 Å². The van der Waals surface area contributed by atoms with E-state index in [0.717, 1.165) is 39.5 Å². The number of rotatable bonds is 3. The topological polar surface area (TPSA) is 56.3 Å². The van der Waals surface area contributed by atoms with Gasteiger partial charge in [0.2, 0.25) is 0 Å². The van der Waals surface area contributed by atoms with E-state index in [4.69, 9.17) is 19.4 Å². The zero-order valence-electron chi connectivity index (χ0n) is 15.5. The maximum atomic E-state index is 5.70. The lowest BCUT2D eigenvalue weighted by atomic mass is 10.1. The number of nitrogens with one attached hydrogen (secondary N) is 1. The van der Waals surface area contributed by atoms with E-state index in [0.29, 0.717) is 19.0 Å². The molecule has 0 aliphatic carbocycles. The molecule has 1 aliphatic rings. The first-order chi connectivity index (χ1) is 13.8. The second-order valence-corrected chi connectivity index (χ2v) is 6.77. The van der Waals surface area contributed by atoms with E-state index in [2.05, 4.69) is 24.4 Å². The summed E-state index contributed by atoms with van der Waals surface area (Å²) in [5, 5.41) is 4.40. The van der Waals surface area contributed by atoms with Crippen LogP contribution in [-0.4, -0.2) is 23.2 Å². The fourth-order valence-electron chi connectivity index (χ4n) is 3.34. The third kappa shape index (κ3) is 3.11. The first kappa shape index (κ1) is 16.6. The van der Waals surface area contributed by atoms with E-state index in [-0.39, 0.29) is 0 Å². The van der Waals surface area contributed by atoms with Gasteiger partial charge in [-0.05, 0) is 37.3 Å². The van der Waals surface area contributed by atoms with Crippen LogP contribution in [-0.2, 0) is 0 Å². The van der Waals surface area contributed by atoms with Crippen molar-refractivity contribution in [3.63, 3.8) is 0 Å². The van der Waals surface area contributed by atoms with Gasteiger partial charge >= 0.3 is 0 Å². The molecule has 0 saturated carbocycles. The lowest BCUT2D eigenvalue weighted by molar-refractivity contribution is 0.171. The molecule has 0 fully saturated rings. The highest BCUT2D eigenvalue weighted by Gasteiger charge is 2.14. The molecule has 1 aromatic heterocycles.